The SMILES string of the molecule is O=C(c1ccc2ccccc2c1)[C@H]1CCCN(C(=O)c2cnccn2)C1. The third-order valence-corrected chi connectivity index (χ3v) is 4.90. The molecule has 0 N–H and O–H groups in total. The molecule has 0 saturated carbocycles. The van der Waals surface area contributed by atoms with Gasteiger partial charge in [0.05, 0.1) is 6.20 Å². The number of carbonyl (C=O) groups excluding carboxylic acids is 2. The number of benzene rings is 2. The molecule has 26 heavy (non-hydrogen) atoms. The van der Waals surface area contributed by atoms with E-state index in [1.54, 1.807) is 11.1 Å². The first-order valence-corrected chi connectivity index (χ1v) is 8.81. The number of hydrogen-bond donors (Lipinski definition) is 0. The molecule has 4 rings (SSSR count). The molecule has 1 aliphatic rings. The minimum atomic E-state index is -0.175. The maximum atomic E-state index is 13.0. The average Bonchev–Trinajstić information content (AvgIpc) is 2.73. The number of aromatic nitrogens is 2. The van der Waals surface area contributed by atoms with E-state index in [4.69, 9.17) is 0 Å². The third-order valence-electron chi connectivity index (χ3n) is 4.90. The maximum absolute atomic E-state index is 13.0. The van der Waals surface area contributed by atoms with Crippen LogP contribution in [-0.2, 0) is 0 Å². The number of rotatable bonds is 3. The van der Waals surface area contributed by atoms with Gasteiger partial charge in [0.15, 0.2) is 5.78 Å². The number of amides is 1. The number of ketones is 1. The molecule has 0 aliphatic carbocycles. The van der Waals surface area contributed by atoms with E-state index in [1.165, 1.54) is 12.4 Å². The van der Waals surface area contributed by atoms with Crippen LogP contribution in [0.2, 0.25) is 0 Å². The molecule has 1 aromatic heterocycles. The van der Waals surface area contributed by atoms with Gasteiger partial charge >= 0.3 is 0 Å². The highest BCUT2D eigenvalue weighted by Crippen LogP contribution is 2.24. The smallest absolute Gasteiger partial charge is 0.274 e. The summed E-state index contributed by atoms with van der Waals surface area (Å²) in [5.74, 6) is -0.230. The van der Waals surface area contributed by atoms with Crippen molar-refractivity contribution in [3.63, 3.8) is 0 Å². The lowest BCUT2D eigenvalue weighted by Crippen LogP contribution is -2.42. The molecule has 0 radical (unpaired) electrons. The zero-order valence-corrected chi connectivity index (χ0v) is 14.3. The van der Waals surface area contributed by atoms with Gasteiger partial charge in [0.1, 0.15) is 5.69 Å². The predicted octanol–water partition coefficient (Wildman–Crippen LogP) is 3.36. The molecule has 3 aromatic rings. The highest BCUT2D eigenvalue weighted by Gasteiger charge is 2.30. The Kier molecular flexibility index (Phi) is 4.44. The van der Waals surface area contributed by atoms with Gasteiger partial charge in [0.25, 0.3) is 5.91 Å². The van der Waals surface area contributed by atoms with Crippen molar-refractivity contribution in [2.24, 2.45) is 5.92 Å². The Balaban J connectivity index is 1.53. The summed E-state index contributed by atoms with van der Waals surface area (Å²) in [4.78, 5) is 35.3. The molecule has 1 aliphatic heterocycles. The van der Waals surface area contributed by atoms with Crippen molar-refractivity contribution in [1.29, 1.82) is 0 Å². The van der Waals surface area contributed by atoms with Gasteiger partial charge in [0.2, 0.25) is 0 Å². The fourth-order valence-electron chi connectivity index (χ4n) is 3.53. The van der Waals surface area contributed by atoms with E-state index in [0.29, 0.717) is 24.3 Å². The molecule has 2 heterocycles. The topological polar surface area (TPSA) is 63.2 Å². The number of piperidine rings is 1. The summed E-state index contributed by atoms with van der Waals surface area (Å²) < 4.78 is 0. The summed E-state index contributed by atoms with van der Waals surface area (Å²) in [5, 5.41) is 2.17. The van der Waals surface area contributed by atoms with Gasteiger partial charge in [-0.3, -0.25) is 14.6 Å². The van der Waals surface area contributed by atoms with E-state index >= 15 is 0 Å². The molecule has 1 amide bonds. The fraction of sp³-hybridized carbons (Fsp3) is 0.238. The molecule has 0 bridgehead atoms. The monoisotopic (exact) mass is 345 g/mol. The van der Waals surface area contributed by atoms with Crippen LogP contribution in [0, 0.1) is 5.92 Å². The molecule has 2 aromatic carbocycles. The summed E-state index contributed by atoms with van der Waals surface area (Å²) in [6.07, 6.45) is 6.14. The van der Waals surface area contributed by atoms with Gasteiger partial charge in [-0.1, -0.05) is 36.4 Å². The van der Waals surface area contributed by atoms with Crippen molar-refractivity contribution in [2.75, 3.05) is 13.1 Å². The molecule has 1 atom stereocenters. The Morgan fingerprint density at radius 2 is 1.88 bits per heavy atom. The molecule has 0 unspecified atom stereocenters. The molecular formula is C21H19N3O2. The second kappa shape index (κ2) is 7.04. The Bertz CT molecular complexity index is 956. The van der Waals surface area contributed by atoms with Gasteiger partial charge in [-0.25, -0.2) is 4.98 Å². The summed E-state index contributed by atoms with van der Waals surface area (Å²) in [7, 11) is 0. The van der Waals surface area contributed by atoms with Gasteiger partial charge in [-0.15, -0.1) is 0 Å². The van der Waals surface area contributed by atoms with Crippen LogP contribution < -0.4 is 0 Å². The number of Topliss-reactive ketones (excluding diaryl/α,β-unsaturated/α-hetero) is 1. The van der Waals surface area contributed by atoms with Gasteiger partial charge in [-0.05, 0) is 29.7 Å². The number of carbonyl (C=O) groups is 2. The highest BCUT2D eigenvalue weighted by atomic mass is 16.2. The molecule has 5 nitrogen and oxygen atoms in total. The van der Waals surface area contributed by atoms with E-state index in [9.17, 15) is 9.59 Å². The van der Waals surface area contributed by atoms with Crippen LogP contribution in [0.3, 0.4) is 0 Å². The normalized spacial score (nSPS) is 17.2. The van der Waals surface area contributed by atoms with Crippen molar-refractivity contribution in [3.8, 4) is 0 Å². The quantitative estimate of drug-likeness (QED) is 0.683. The average molecular weight is 345 g/mol. The summed E-state index contributed by atoms with van der Waals surface area (Å²) >= 11 is 0. The summed E-state index contributed by atoms with van der Waals surface area (Å²) in [6, 6.07) is 13.8. The van der Waals surface area contributed by atoms with E-state index in [2.05, 4.69) is 9.97 Å². The molecule has 0 spiro atoms. The Morgan fingerprint density at radius 3 is 2.69 bits per heavy atom. The minimum absolute atomic E-state index is 0.104. The third kappa shape index (κ3) is 3.20. The van der Waals surface area contributed by atoms with Gasteiger partial charge in [-0.2, -0.15) is 0 Å². The molecule has 130 valence electrons. The van der Waals surface area contributed by atoms with Crippen LogP contribution >= 0.6 is 0 Å². The lowest BCUT2D eigenvalue weighted by Gasteiger charge is -2.31. The highest BCUT2D eigenvalue weighted by molar-refractivity contribution is 6.02. The van der Waals surface area contributed by atoms with Crippen molar-refractivity contribution >= 4 is 22.5 Å². The van der Waals surface area contributed by atoms with Crippen molar-refractivity contribution in [1.82, 2.24) is 14.9 Å². The van der Waals surface area contributed by atoms with Crippen LogP contribution in [0.25, 0.3) is 10.8 Å². The van der Waals surface area contributed by atoms with Crippen LogP contribution in [-0.4, -0.2) is 39.6 Å². The second-order valence-corrected chi connectivity index (χ2v) is 6.61. The first kappa shape index (κ1) is 16.4. The van der Waals surface area contributed by atoms with Gasteiger partial charge < -0.3 is 4.90 Å². The van der Waals surface area contributed by atoms with E-state index in [-0.39, 0.29) is 17.6 Å². The number of fused-ring (bicyclic) bond motifs is 1. The Hall–Kier alpha value is -3.08. The van der Waals surface area contributed by atoms with Crippen LogP contribution in [0.15, 0.2) is 61.1 Å². The Labute approximate surface area is 151 Å². The maximum Gasteiger partial charge on any atom is 0.274 e. The first-order valence-electron chi connectivity index (χ1n) is 8.81. The summed E-state index contributed by atoms with van der Waals surface area (Å²) in [6.45, 7) is 1.08. The van der Waals surface area contributed by atoms with Crippen molar-refractivity contribution in [2.45, 2.75) is 12.8 Å². The van der Waals surface area contributed by atoms with Crippen LogP contribution in [0.5, 0.6) is 0 Å². The second-order valence-electron chi connectivity index (χ2n) is 6.61. The van der Waals surface area contributed by atoms with Gasteiger partial charge in [0, 0.05) is 37.0 Å². The number of likely N-dealkylation sites (tertiary alicyclic amines) is 1. The predicted molar refractivity (Wildman–Crippen MR) is 98.9 cm³/mol. The lowest BCUT2D eigenvalue weighted by atomic mass is 9.89. The standard InChI is InChI=1S/C21H19N3O2/c25-20(17-8-7-15-4-1-2-5-16(15)12-17)18-6-3-11-24(14-18)21(26)19-13-22-9-10-23-19/h1-2,4-5,7-10,12-13,18H,3,6,11,14H2/t18-/m0/s1. The van der Waals surface area contributed by atoms with E-state index in [1.807, 2.05) is 42.5 Å². The lowest BCUT2D eigenvalue weighted by molar-refractivity contribution is 0.0632. The Morgan fingerprint density at radius 1 is 1.04 bits per heavy atom. The van der Waals surface area contributed by atoms with E-state index in [0.717, 1.165) is 23.6 Å². The van der Waals surface area contributed by atoms with E-state index < -0.39 is 0 Å². The largest absolute Gasteiger partial charge is 0.337 e. The number of nitrogens with zero attached hydrogens (tertiary/aromatic N) is 3. The first-order chi connectivity index (χ1) is 12.7. The zero-order valence-electron chi connectivity index (χ0n) is 14.3. The molecule has 1 saturated heterocycles. The molecule has 5 heteroatoms. The number of hydrogen-bond acceptors (Lipinski definition) is 4. The zero-order chi connectivity index (χ0) is 17.9. The fourth-order valence-corrected chi connectivity index (χ4v) is 3.53. The van der Waals surface area contributed by atoms with Crippen LogP contribution in [0.1, 0.15) is 33.7 Å². The van der Waals surface area contributed by atoms with Crippen LogP contribution in [0.4, 0.5) is 0 Å². The summed E-state index contributed by atoms with van der Waals surface area (Å²) in [5.41, 5.74) is 1.04. The molecular weight excluding hydrogens is 326 g/mol. The molecule has 1 fully saturated rings. The van der Waals surface area contributed by atoms with Crippen molar-refractivity contribution in [3.05, 3.63) is 72.3 Å². The minimum Gasteiger partial charge on any atom is -0.337 e. The van der Waals surface area contributed by atoms with Crippen molar-refractivity contribution < 1.29 is 9.59 Å².